The highest BCUT2D eigenvalue weighted by Gasteiger charge is 2.28. The van der Waals surface area contributed by atoms with E-state index in [9.17, 15) is 13.2 Å². The third-order valence-corrected chi connectivity index (χ3v) is 3.91. The second-order valence-electron chi connectivity index (χ2n) is 3.73. The number of sulfonamides is 1. The van der Waals surface area contributed by atoms with Gasteiger partial charge in [0, 0.05) is 13.7 Å². The van der Waals surface area contributed by atoms with E-state index >= 15 is 0 Å². The van der Waals surface area contributed by atoms with Gasteiger partial charge in [-0.1, -0.05) is 0 Å². The van der Waals surface area contributed by atoms with Crippen LogP contribution in [0.3, 0.4) is 0 Å². The standard InChI is InChI=1S/C9H15N3O5S/c1-5(17-3)4-10-18(15,16)8-6(2)11-12-7(8)9(13)14/h5,10H,4H2,1-3H3,(H,11,12)(H,13,14). The van der Waals surface area contributed by atoms with Gasteiger partial charge in [-0.2, -0.15) is 5.10 Å². The summed E-state index contributed by atoms with van der Waals surface area (Å²) in [6, 6.07) is 0. The molecule has 0 bridgehead atoms. The van der Waals surface area contributed by atoms with Crippen molar-refractivity contribution in [3.63, 3.8) is 0 Å². The van der Waals surface area contributed by atoms with Crippen molar-refractivity contribution < 1.29 is 23.1 Å². The van der Waals surface area contributed by atoms with E-state index in [-0.39, 0.29) is 23.2 Å². The lowest BCUT2D eigenvalue weighted by atomic mass is 10.4. The Bertz CT molecular complexity index is 536. The number of aryl methyl sites for hydroxylation is 1. The topological polar surface area (TPSA) is 121 Å². The number of carbonyl (C=O) groups is 1. The Morgan fingerprint density at radius 1 is 1.61 bits per heavy atom. The molecule has 1 heterocycles. The molecule has 3 N–H and O–H groups in total. The molecular weight excluding hydrogens is 262 g/mol. The molecule has 1 atom stereocenters. The van der Waals surface area contributed by atoms with Crippen molar-refractivity contribution in [1.29, 1.82) is 0 Å². The molecule has 0 fully saturated rings. The van der Waals surface area contributed by atoms with Crippen LogP contribution >= 0.6 is 0 Å². The van der Waals surface area contributed by atoms with E-state index in [0.717, 1.165) is 0 Å². The Kier molecular flexibility index (Phi) is 4.43. The zero-order chi connectivity index (χ0) is 13.9. The molecule has 9 heteroatoms. The summed E-state index contributed by atoms with van der Waals surface area (Å²) in [6.45, 7) is 3.17. The van der Waals surface area contributed by atoms with E-state index in [1.165, 1.54) is 14.0 Å². The van der Waals surface area contributed by atoms with Crippen molar-refractivity contribution >= 4 is 16.0 Å². The van der Waals surface area contributed by atoms with Crippen molar-refractivity contribution in [2.75, 3.05) is 13.7 Å². The molecule has 1 unspecified atom stereocenters. The van der Waals surface area contributed by atoms with Gasteiger partial charge in [0.15, 0.2) is 5.69 Å². The van der Waals surface area contributed by atoms with Gasteiger partial charge in [-0.05, 0) is 13.8 Å². The Morgan fingerprint density at radius 2 is 2.22 bits per heavy atom. The normalized spacial score (nSPS) is 13.5. The molecule has 1 aromatic heterocycles. The lowest BCUT2D eigenvalue weighted by Crippen LogP contribution is -2.32. The molecule has 1 rings (SSSR count). The van der Waals surface area contributed by atoms with Crippen LogP contribution in [0.15, 0.2) is 4.90 Å². The first-order valence-corrected chi connectivity index (χ1v) is 6.58. The molecule has 0 spiro atoms. The van der Waals surface area contributed by atoms with E-state index in [1.54, 1.807) is 6.92 Å². The minimum atomic E-state index is -3.93. The van der Waals surface area contributed by atoms with Gasteiger partial charge in [-0.3, -0.25) is 5.10 Å². The van der Waals surface area contributed by atoms with Crippen LogP contribution < -0.4 is 4.72 Å². The molecule has 1 aromatic rings. The van der Waals surface area contributed by atoms with E-state index < -0.39 is 21.7 Å². The fourth-order valence-corrected chi connectivity index (χ4v) is 2.71. The summed E-state index contributed by atoms with van der Waals surface area (Å²) in [5.41, 5.74) is -0.352. The van der Waals surface area contributed by atoms with E-state index in [4.69, 9.17) is 9.84 Å². The first kappa shape index (κ1) is 14.6. The van der Waals surface area contributed by atoms with E-state index in [2.05, 4.69) is 14.9 Å². The number of nitrogens with one attached hydrogen (secondary N) is 2. The SMILES string of the molecule is COC(C)CNS(=O)(=O)c1c(C(=O)O)n[nH]c1C. The summed E-state index contributed by atoms with van der Waals surface area (Å²) in [5.74, 6) is -1.40. The first-order valence-electron chi connectivity index (χ1n) is 5.10. The van der Waals surface area contributed by atoms with Gasteiger partial charge >= 0.3 is 5.97 Å². The average molecular weight is 277 g/mol. The minimum Gasteiger partial charge on any atom is -0.476 e. The Balaban J connectivity index is 3.05. The molecule has 0 saturated carbocycles. The molecule has 102 valence electrons. The smallest absolute Gasteiger partial charge is 0.357 e. The van der Waals surface area contributed by atoms with Crippen LogP contribution in [0, 0.1) is 6.92 Å². The summed E-state index contributed by atoms with van der Waals surface area (Å²) in [5, 5.41) is 14.7. The Hall–Kier alpha value is -1.45. The number of aromatic amines is 1. The van der Waals surface area contributed by atoms with Gasteiger partial charge in [0.05, 0.1) is 11.8 Å². The molecule has 0 aliphatic carbocycles. The maximum Gasteiger partial charge on any atom is 0.357 e. The largest absolute Gasteiger partial charge is 0.476 e. The maximum atomic E-state index is 12.0. The number of ether oxygens (including phenoxy) is 1. The number of H-pyrrole nitrogens is 1. The quantitative estimate of drug-likeness (QED) is 0.658. The van der Waals surface area contributed by atoms with Crippen LogP contribution in [-0.2, 0) is 14.8 Å². The minimum absolute atomic E-state index is 0.0442. The number of aromatic carboxylic acids is 1. The highest BCUT2D eigenvalue weighted by atomic mass is 32.2. The number of nitrogens with zero attached hydrogens (tertiary/aromatic N) is 1. The zero-order valence-electron chi connectivity index (χ0n) is 10.2. The predicted octanol–water partition coefficient (Wildman–Crippen LogP) is -0.270. The summed E-state index contributed by atoms with van der Waals surface area (Å²) in [7, 11) is -2.48. The lowest BCUT2D eigenvalue weighted by Gasteiger charge is -2.11. The van der Waals surface area contributed by atoms with Crippen molar-refractivity contribution in [1.82, 2.24) is 14.9 Å². The lowest BCUT2D eigenvalue weighted by molar-refractivity contribution is 0.0686. The van der Waals surface area contributed by atoms with Crippen LogP contribution in [0.1, 0.15) is 23.1 Å². The van der Waals surface area contributed by atoms with Crippen LogP contribution in [0.2, 0.25) is 0 Å². The maximum absolute atomic E-state index is 12.0. The molecule has 18 heavy (non-hydrogen) atoms. The zero-order valence-corrected chi connectivity index (χ0v) is 11.0. The number of rotatable bonds is 6. The van der Waals surface area contributed by atoms with Crippen molar-refractivity contribution in [3.8, 4) is 0 Å². The highest BCUT2D eigenvalue weighted by molar-refractivity contribution is 7.89. The van der Waals surface area contributed by atoms with Gasteiger partial charge < -0.3 is 9.84 Å². The van der Waals surface area contributed by atoms with Crippen molar-refractivity contribution in [2.45, 2.75) is 24.8 Å². The number of hydrogen-bond acceptors (Lipinski definition) is 5. The van der Waals surface area contributed by atoms with Gasteiger partial charge in [-0.25, -0.2) is 17.9 Å². The highest BCUT2D eigenvalue weighted by Crippen LogP contribution is 2.17. The summed E-state index contributed by atoms with van der Waals surface area (Å²) < 4.78 is 31.1. The molecule has 0 aliphatic rings. The summed E-state index contributed by atoms with van der Waals surface area (Å²) in [4.78, 5) is 10.5. The molecule has 0 amide bonds. The van der Waals surface area contributed by atoms with Crippen molar-refractivity contribution in [3.05, 3.63) is 11.4 Å². The molecule has 0 radical (unpaired) electrons. The number of hydrogen-bond donors (Lipinski definition) is 3. The van der Waals surface area contributed by atoms with Gasteiger partial charge in [0.25, 0.3) is 0 Å². The molecule has 8 nitrogen and oxygen atoms in total. The predicted molar refractivity (Wildman–Crippen MR) is 61.9 cm³/mol. The van der Waals surface area contributed by atoms with E-state index in [1.807, 2.05) is 0 Å². The molecular formula is C9H15N3O5S. The van der Waals surface area contributed by atoms with Crippen LogP contribution in [0.25, 0.3) is 0 Å². The van der Waals surface area contributed by atoms with Crippen LogP contribution in [0.4, 0.5) is 0 Å². The molecule has 0 aliphatic heterocycles. The second-order valence-corrected chi connectivity index (χ2v) is 5.43. The number of carboxylic acids is 1. The van der Waals surface area contributed by atoms with Crippen LogP contribution in [0.5, 0.6) is 0 Å². The average Bonchev–Trinajstić information content (AvgIpc) is 2.69. The third-order valence-electron chi connectivity index (χ3n) is 2.33. The summed E-state index contributed by atoms with van der Waals surface area (Å²) >= 11 is 0. The Morgan fingerprint density at radius 3 is 2.72 bits per heavy atom. The first-order chi connectivity index (χ1) is 8.29. The van der Waals surface area contributed by atoms with E-state index in [0.29, 0.717) is 0 Å². The number of carboxylic acid groups (broad SMARTS) is 1. The van der Waals surface area contributed by atoms with Crippen molar-refractivity contribution in [2.24, 2.45) is 0 Å². The van der Waals surface area contributed by atoms with Crippen LogP contribution in [-0.4, -0.2) is 49.4 Å². The third kappa shape index (κ3) is 3.06. The fourth-order valence-electron chi connectivity index (χ4n) is 1.28. The Labute approximate surface area is 104 Å². The number of methoxy groups -OCH3 is 1. The van der Waals surface area contributed by atoms with Gasteiger partial charge in [-0.15, -0.1) is 0 Å². The number of aromatic nitrogens is 2. The molecule has 0 aromatic carbocycles. The second kappa shape index (κ2) is 5.46. The summed E-state index contributed by atoms with van der Waals surface area (Å²) in [6.07, 6.45) is -0.319. The molecule has 0 saturated heterocycles. The van der Waals surface area contributed by atoms with Gasteiger partial charge in [0.1, 0.15) is 4.90 Å². The monoisotopic (exact) mass is 277 g/mol. The van der Waals surface area contributed by atoms with Gasteiger partial charge in [0.2, 0.25) is 10.0 Å². The fraction of sp³-hybridized carbons (Fsp3) is 0.556.